The van der Waals surface area contributed by atoms with Crippen LogP contribution in [0.2, 0.25) is 0 Å². The number of nitrogens with one attached hydrogen (secondary N) is 2. The van der Waals surface area contributed by atoms with E-state index in [4.69, 9.17) is 0 Å². The van der Waals surface area contributed by atoms with Crippen molar-refractivity contribution in [3.8, 4) is 0 Å². The van der Waals surface area contributed by atoms with Crippen LogP contribution >= 0.6 is 0 Å². The summed E-state index contributed by atoms with van der Waals surface area (Å²) in [6.45, 7) is 5.81. The molecule has 2 N–H and O–H groups in total. The molecule has 1 aromatic rings. The van der Waals surface area contributed by atoms with Crippen molar-refractivity contribution in [3.63, 3.8) is 0 Å². The van der Waals surface area contributed by atoms with Crippen LogP contribution in [0.15, 0.2) is 12.6 Å². The van der Waals surface area contributed by atoms with Crippen molar-refractivity contribution in [3.05, 3.63) is 29.6 Å². The van der Waals surface area contributed by atoms with Crippen LogP contribution in [-0.4, -0.2) is 10.9 Å². The molecule has 2 heterocycles. The van der Waals surface area contributed by atoms with Gasteiger partial charge in [0.25, 0.3) is 5.91 Å². The predicted octanol–water partition coefficient (Wildman–Crippen LogP) is 2.03. The topological polar surface area (TPSA) is 44.9 Å². The molecule has 3 heteroatoms. The van der Waals surface area contributed by atoms with Crippen molar-refractivity contribution in [1.29, 1.82) is 0 Å². The van der Waals surface area contributed by atoms with Crippen LogP contribution in [-0.2, 0) is 5.54 Å². The Morgan fingerprint density at radius 3 is 2.93 bits per heavy atom. The lowest BCUT2D eigenvalue weighted by Crippen LogP contribution is -2.26. The van der Waals surface area contributed by atoms with E-state index in [2.05, 4.69) is 16.9 Å². The molecule has 3 nitrogen and oxygen atoms in total. The van der Waals surface area contributed by atoms with Crippen molar-refractivity contribution in [1.82, 2.24) is 10.3 Å². The third-order valence-electron chi connectivity index (χ3n) is 3.10. The summed E-state index contributed by atoms with van der Waals surface area (Å²) in [5.41, 5.74) is 3.79. The molecule has 1 amide bonds. The number of amides is 1. The average Bonchev–Trinajstić information content (AvgIpc) is 2.67. The lowest BCUT2D eigenvalue weighted by Gasteiger charge is -2.06. The Balaban J connectivity index is 0.000000853. The molecular weight excluding hydrogens is 176 g/mol. The maximum atomic E-state index is 11.6. The minimum atomic E-state index is -0.0416. The molecule has 0 bridgehead atoms. The van der Waals surface area contributed by atoms with Crippen molar-refractivity contribution in [2.24, 2.45) is 0 Å². The van der Waals surface area contributed by atoms with Gasteiger partial charge >= 0.3 is 0 Å². The number of carbonyl (C=O) groups excluding carboxylic acids is 1. The van der Waals surface area contributed by atoms with Gasteiger partial charge in [-0.2, -0.15) is 0 Å². The zero-order chi connectivity index (χ0) is 9.92. The number of aromatic nitrogens is 1. The Kier molecular flexibility index (Phi) is 1.18. The first-order valence-electron chi connectivity index (χ1n) is 4.84. The molecule has 14 heavy (non-hydrogen) atoms. The first kappa shape index (κ1) is 7.85. The molecule has 74 valence electrons. The standard InChI is InChI=1S/C11H12N2O.H2/c1-6(2)8-5-7-9(12-8)11(3-4-11)13-10(7)14;/h5,12H,1,3-4H2,2H3,(H,13,14);1H. The lowest BCUT2D eigenvalue weighted by atomic mass is 10.2. The molecule has 1 aromatic heterocycles. The third kappa shape index (κ3) is 0.794. The van der Waals surface area contributed by atoms with E-state index in [0.717, 1.165) is 35.4 Å². The van der Waals surface area contributed by atoms with Crippen molar-refractivity contribution < 1.29 is 6.22 Å². The molecule has 0 saturated heterocycles. The zero-order valence-electron chi connectivity index (χ0n) is 8.11. The summed E-state index contributed by atoms with van der Waals surface area (Å²) >= 11 is 0. The number of aromatic amines is 1. The van der Waals surface area contributed by atoms with E-state index >= 15 is 0 Å². The number of hydrogen-bond acceptors (Lipinski definition) is 1. The van der Waals surface area contributed by atoms with Gasteiger partial charge in [-0.05, 0) is 31.4 Å². The first-order chi connectivity index (χ1) is 6.62. The number of carbonyl (C=O) groups is 1. The largest absolute Gasteiger partial charge is 0.356 e. The summed E-state index contributed by atoms with van der Waals surface area (Å²) in [6.07, 6.45) is 2.11. The summed E-state index contributed by atoms with van der Waals surface area (Å²) < 4.78 is 0. The van der Waals surface area contributed by atoms with Gasteiger partial charge in [-0.1, -0.05) is 6.58 Å². The summed E-state index contributed by atoms with van der Waals surface area (Å²) in [6, 6.07) is 1.90. The van der Waals surface area contributed by atoms with Crippen LogP contribution in [0.1, 0.15) is 42.9 Å². The summed E-state index contributed by atoms with van der Waals surface area (Å²) in [4.78, 5) is 14.9. The normalized spacial score (nSPS) is 20.8. The lowest BCUT2D eigenvalue weighted by molar-refractivity contribution is 0.0952. The van der Waals surface area contributed by atoms with Gasteiger partial charge in [0.15, 0.2) is 0 Å². The first-order valence-corrected chi connectivity index (χ1v) is 4.84. The molecular formula is C11H14N2O. The maximum Gasteiger partial charge on any atom is 0.253 e. The number of allylic oxidation sites excluding steroid dienone is 1. The molecule has 1 aliphatic carbocycles. The Bertz CT molecular complexity index is 457. The predicted molar refractivity (Wildman–Crippen MR) is 56.0 cm³/mol. The van der Waals surface area contributed by atoms with Gasteiger partial charge < -0.3 is 10.3 Å². The van der Waals surface area contributed by atoms with Gasteiger partial charge in [0, 0.05) is 7.12 Å². The Morgan fingerprint density at radius 2 is 2.36 bits per heavy atom. The van der Waals surface area contributed by atoms with Crippen molar-refractivity contribution in [2.45, 2.75) is 25.3 Å². The Labute approximate surface area is 83.7 Å². The van der Waals surface area contributed by atoms with E-state index < -0.39 is 0 Å². The molecule has 1 saturated carbocycles. The van der Waals surface area contributed by atoms with Crippen LogP contribution in [0.5, 0.6) is 0 Å². The van der Waals surface area contributed by atoms with Crippen molar-refractivity contribution in [2.75, 3.05) is 0 Å². The molecule has 2 aliphatic rings. The van der Waals surface area contributed by atoms with Gasteiger partial charge in [0.1, 0.15) is 0 Å². The van der Waals surface area contributed by atoms with Crippen LogP contribution in [0.4, 0.5) is 0 Å². The van der Waals surface area contributed by atoms with E-state index in [1.54, 1.807) is 0 Å². The third-order valence-corrected chi connectivity index (χ3v) is 3.10. The monoisotopic (exact) mass is 190 g/mol. The molecule has 0 radical (unpaired) electrons. The van der Waals surface area contributed by atoms with Gasteiger partial charge in [0.2, 0.25) is 0 Å². The fourth-order valence-electron chi connectivity index (χ4n) is 2.09. The highest BCUT2D eigenvalue weighted by atomic mass is 16.2. The van der Waals surface area contributed by atoms with Gasteiger partial charge in [-0.3, -0.25) is 4.79 Å². The minimum absolute atomic E-state index is 0. The number of H-pyrrole nitrogens is 1. The molecule has 0 unspecified atom stereocenters. The smallest absolute Gasteiger partial charge is 0.253 e. The van der Waals surface area contributed by atoms with E-state index in [9.17, 15) is 4.79 Å². The highest BCUT2D eigenvalue weighted by Crippen LogP contribution is 2.50. The molecule has 0 aromatic carbocycles. The number of fused-ring (bicyclic) bond motifs is 2. The molecule has 1 aliphatic heterocycles. The van der Waals surface area contributed by atoms with Crippen LogP contribution in [0.3, 0.4) is 0 Å². The van der Waals surface area contributed by atoms with Crippen LogP contribution in [0.25, 0.3) is 5.57 Å². The number of hydrogen-bond donors (Lipinski definition) is 2. The highest BCUT2D eigenvalue weighted by Gasteiger charge is 2.53. The fourth-order valence-corrected chi connectivity index (χ4v) is 2.09. The fraction of sp³-hybridized carbons (Fsp3) is 0.364. The quantitative estimate of drug-likeness (QED) is 0.699. The summed E-state index contributed by atoms with van der Waals surface area (Å²) in [5, 5.41) is 3.02. The van der Waals surface area contributed by atoms with E-state index in [1.807, 2.05) is 13.0 Å². The molecule has 3 rings (SSSR count). The molecule has 0 atom stereocenters. The van der Waals surface area contributed by atoms with Gasteiger partial charge in [0.05, 0.1) is 16.8 Å². The van der Waals surface area contributed by atoms with E-state index in [1.165, 1.54) is 0 Å². The average molecular weight is 190 g/mol. The van der Waals surface area contributed by atoms with Gasteiger partial charge in [-0.25, -0.2) is 0 Å². The van der Waals surface area contributed by atoms with Crippen LogP contribution in [0, 0.1) is 0 Å². The zero-order valence-corrected chi connectivity index (χ0v) is 8.11. The van der Waals surface area contributed by atoms with Gasteiger partial charge in [-0.15, -0.1) is 0 Å². The summed E-state index contributed by atoms with van der Waals surface area (Å²) in [7, 11) is 0. The molecule has 1 spiro atoms. The Hall–Kier alpha value is -1.51. The molecule has 1 fully saturated rings. The maximum absolute atomic E-state index is 11.6. The Morgan fingerprint density at radius 1 is 1.64 bits per heavy atom. The van der Waals surface area contributed by atoms with E-state index in [0.29, 0.717) is 0 Å². The number of rotatable bonds is 1. The van der Waals surface area contributed by atoms with E-state index in [-0.39, 0.29) is 12.9 Å². The second kappa shape index (κ2) is 2.11. The SMILES string of the molecule is C=C(C)c1cc2c([nH]1)C1(CC1)NC2=O.[HH]. The summed E-state index contributed by atoms with van der Waals surface area (Å²) in [5.74, 6) is 0.0567. The van der Waals surface area contributed by atoms with Crippen molar-refractivity contribution >= 4 is 11.5 Å². The second-order valence-electron chi connectivity index (χ2n) is 4.29. The van der Waals surface area contributed by atoms with Crippen LogP contribution < -0.4 is 5.32 Å². The minimum Gasteiger partial charge on any atom is -0.356 e. The highest BCUT2D eigenvalue weighted by molar-refractivity contribution is 6.01. The second-order valence-corrected chi connectivity index (χ2v) is 4.29.